The van der Waals surface area contributed by atoms with E-state index < -0.39 is 0 Å². The zero-order chi connectivity index (χ0) is 11.0. The van der Waals surface area contributed by atoms with Crippen molar-refractivity contribution in [1.29, 1.82) is 0 Å². The topological polar surface area (TPSA) is 17.1 Å². The summed E-state index contributed by atoms with van der Waals surface area (Å²) in [4.78, 5) is 10.9. The summed E-state index contributed by atoms with van der Waals surface area (Å²) in [6.07, 6.45) is 2.01. The Morgan fingerprint density at radius 3 is 2.38 bits per heavy atom. The fourth-order valence-corrected chi connectivity index (χ4v) is 2.14. The van der Waals surface area contributed by atoms with Gasteiger partial charge in [-0.2, -0.15) is 0 Å². The minimum atomic E-state index is 0.634. The van der Waals surface area contributed by atoms with Gasteiger partial charge in [-0.1, -0.05) is 54.6 Å². The summed E-state index contributed by atoms with van der Waals surface area (Å²) >= 11 is 0. The molecule has 0 bridgehead atoms. The third kappa shape index (κ3) is 1.22. The van der Waals surface area contributed by atoms with Crippen LogP contribution >= 0.6 is 0 Å². The molecule has 0 saturated carbocycles. The first kappa shape index (κ1) is 9.10. The minimum absolute atomic E-state index is 0.634. The van der Waals surface area contributed by atoms with Crippen LogP contribution in [0.25, 0.3) is 21.5 Å². The van der Waals surface area contributed by atoms with E-state index >= 15 is 0 Å². The van der Waals surface area contributed by atoms with Crippen molar-refractivity contribution in [2.75, 3.05) is 0 Å². The van der Waals surface area contributed by atoms with E-state index in [0.29, 0.717) is 5.56 Å². The molecule has 0 unspecified atom stereocenters. The average molecular weight is 205 g/mol. The van der Waals surface area contributed by atoms with Crippen LogP contribution in [0.3, 0.4) is 0 Å². The predicted octanol–water partition coefficient (Wildman–Crippen LogP) is 3.45. The summed E-state index contributed by atoms with van der Waals surface area (Å²) in [5.41, 5.74) is 0.634. The van der Waals surface area contributed by atoms with Crippen LogP contribution in [-0.2, 0) is 4.79 Å². The summed E-state index contributed by atoms with van der Waals surface area (Å²) in [5, 5.41) is 4.34. The first-order valence-corrected chi connectivity index (χ1v) is 5.19. The molecule has 1 heteroatoms. The van der Waals surface area contributed by atoms with Crippen molar-refractivity contribution in [2.24, 2.45) is 0 Å². The molecule has 75 valence electrons. The van der Waals surface area contributed by atoms with Crippen LogP contribution < -0.4 is 0 Å². The monoisotopic (exact) mass is 205 g/mol. The van der Waals surface area contributed by atoms with E-state index in [0.717, 1.165) is 21.5 Å². The Hall–Kier alpha value is -2.15. The highest BCUT2D eigenvalue weighted by atomic mass is 16.1. The maximum Gasteiger partial charge on any atom is 0.234 e. The summed E-state index contributed by atoms with van der Waals surface area (Å²) in [5.74, 6) is 0. The van der Waals surface area contributed by atoms with Crippen LogP contribution in [-0.4, -0.2) is 6.29 Å². The number of fused-ring (bicyclic) bond motifs is 3. The van der Waals surface area contributed by atoms with Gasteiger partial charge in [0.15, 0.2) is 0 Å². The summed E-state index contributed by atoms with van der Waals surface area (Å²) in [7, 11) is 0. The number of hydrogen-bond donors (Lipinski definition) is 0. The van der Waals surface area contributed by atoms with Gasteiger partial charge in [-0.25, -0.2) is 0 Å². The summed E-state index contributed by atoms with van der Waals surface area (Å²) in [6, 6.07) is 17.9. The number of rotatable bonds is 1. The molecule has 0 atom stereocenters. The first-order chi connectivity index (χ1) is 7.90. The highest BCUT2D eigenvalue weighted by molar-refractivity contribution is 6.13. The molecule has 3 rings (SSSR count). The van der Waals surface area contributed by atoms with Gasteiger partial charge in [0.25, 0.3) is 0 Å². The van der Waals surface area contributed by atoms with Gasteiger partial charge in [0.1, 0.15) is 0 Å². The molecule has 0 fully saturated rings. The Morgan fingerprint density at radius 1 is 0.750 bits per heavy atom. The molecule has 0 aliphatic heterocycles. The molecule has 0 heterocycles. The average Bonchev–Trinajstić information content (AvgIpc) is 2.37. The van der Waals surface area contributed by atoms with Crippen LogP contribution in [0, 0.1) is 0 Å². The molecule has 0 aliphatic rings. The maximum atomic E-state index is 10.9. The lowest BCUT2D eigenvalue weighted by molar-refractivity contribution is 0.563. The highest BCUT2D eigenvalue weighted by Crippen LogP contribution is 2.27. The zero-order valence-corrected chi connectivity index (χ0v) is 8.60. The Kier molecular flexibility index (Phi) is 1.97. The molecule has 16 heavy (non-hydrogen) atoms. The molecular formula is C15H9O. The molecule has 0 amide bonds. The fraction of sp³-hybridized carbons (Fsp3) is 0. The fourth-order valence-electron chi connectivity index (χ4n) is 2.14. The van der Waals surface area contributed by atoms with Gasteiger partial charge < -0.3 is 0 Å². The molecule has 0 N–H and O–H groups in total. The zero-order valence-electron chi connectivity index (χ0n) is 8.60. The van der Waals surface area contributed by atoms with Gasteiger partial charge in [-0.3, -0.25) is 4.79 Å². The summed E-state index contributed by atoms with van der Waals surface area (Å²) in [6.45, 7) is 0. The van der Waals surface area contributed by atoms with E-state index in [4.69, 9.17) is 0 Å². The molecule has 3 aromatic carbocycles. The third-order valence-corrected chi connectivity index (χ3v) is 2.88. The second-order valence-corrected chi connectivity index (χ2v) is 3.79. The van der Waals surface area contributed by atoms with E-state index in [2.05, 4.69) is 12.1 Å². The van der Waals surface area contributed by atoms with Crippen molar-refractivity contribution in [3.05, 3.63) is 60.2 Å². The first-order valence-electron chi connectivity index (χ1n) is 5.19. The molecule has 0 saturated heterocycles. The van der Waals surface area contributed by atoms with Crippen molar-refractivity contribution < 1.29 is 4.79 Å². The van der Waals surface area contributed by atoms with Gasteiger partial charge >= 0.3 is 0 Å². The minimum Gasteiger partial charge on any atom is -0.285 e. The molecule has 1 radical (unpaired) electrons. The predicted molar refractivity (Wildman–Crippen MR) is 66.2 cm³/mol. The molecule has 0 spiro atoms. The van der Waals surface area contributed by atoms with Crippen molar-refractivity contribution in [3.63, 3.8) is 0 Å². The highest BCUT2D eigenvalue weighted by Gasteiger charge is 2.04. The van der Waals surface area contributed by atoms with Crippen molar-refractivity contribution >= 4 is 27.8 Å². The van der Waals surface area contributed by atoms with Gasteiger partial charge in [-0.15, -0.1) is 0 Å². The number of benzene rings is 3. The molecule has 1 nitrogen and oxygen atoms in total. The van der Waals surface area contributed by atoms with Gasteiger partial charge in [0, 0.05) is 10.9 Å². The van der Waals surface area contributed by atoms with E-state index in [1.807, 2.05) is 48.8 Å². The second-order valence-electron chi connectivity index (χ2n) is 3.79. The molecular weight excluding hydrogens is 196 g/mol. The lowest BCUT2D eigenvalue weighted by Crippen LogP contribution is -1.85. The SMILES string of the molecule is O=[C]c1cccc2ccc3ccccc3c12. The Labute approximate surface area is 93.3 Å². The van der Waals surface area contributed by atoms with Crippen molar-refractivity contribution in [1.82, 2.24) is 0 Å². The second kappa shape index (κ2) is 3.46. The van der Waals surface area contributed by atoms with Gasteiger partial charge in [0.2, 0.25) is 6.29 Å². The van der Waals surface area contributed by atoms with E-state index in [-0.39, 0.29) is 0 Å². The van der Waals surface area contributed by atoms with Gasteiger partial charge in [0.05, 0.1) is 0 Å². The normalized spacial score (nSPS) is 10.8. The van der Waals surface area contributed by atoms with Gasteiger partial charge in [-0.05, 0) is 16.2 Å². The van der Waals surface area contributed by atoms with E-state index in [9.17, 15) is 4.79 Å². The lowest BCUT2D eigenvalue weighted by atomic mass is 9.98. The van der Waals surface area contributed by atoms with Crippen LogP contribution in [0.1, 0.15) is 5.56 Å². The number of hydrogen-bond acceptors (Lipinski definition) is 1. The lowest BCUT2D eigenvalue weighted by Gasteiger charge is -2.05. The Balaban J connectivity index is 2.62. The third-order valence-electron chi connectivity index (χ3n) is 2.88. The quantitative estimate of drug-likeness (QED) is 0.556. The molecule has 0 aliphatic carbocycles. The maximum absolute atomic E-state index is 10.9. The van der Waals surface area contributed by atoms with Crippen LogP contribution in [0.15, 0.2) is 54.6 Å². The molecule has 3 aromatic rings. The Morgan fingerprint density at radius 2 is 1.50 bits per heavy atom. The van der Waals surface area contributed by atoms with Crippen LogP contribution in [0.2, 0.25) is 0 Å². The van der Waals surface area contributed by atoms with Crippen LogP contribution in [0.4, 0.5) is 0 Å². The molecule has 0 aromatic heterocycles. The Bertz CT molecular complexity index is 683. The standard InChI is InChI=1S/C15H9O/c16-10-13-6-3-5-12-9-8-11-4-1-2-7-14(11)15(12)13/h1-9H. The van der Waals surface area contributed by atoms with Crippen molar-refractivity contribution in [2.45, 2.75) is 0 Å². The van der Waals surface area contributed by atoms with E-state index in [1.54, 1.807) is 0 Å². The smallest absolute Gasteiger partial charge is 0.234 e. The van der Waals surface area contributed by atoms with E-state index in [1.165, 1.54) is 0 Å². The van der Waals surface area contributed by atoms with Crippen molar-refractivity contribution in [3.8, 4) is 0 Å². The number of carbonyl (C=O) groups excluding carboxylic acids is 1. The summed E-state index contributed by atoms with van der Waals surface area (Å²) < 4.78 is 0. The van der Waals surface area contributed by atoms with Crippen LogP contribution in [0.5, 0.6) is 0 Å². The largest absolute Gasteiger partial charge is 0.285 e.